The van der Waals surface area contributed by atoms with Crippen molar-refractivity contribution in [2.45, 2.75) is 44.6 Å². The van der Waals surface area contributed by atoms with Gasteiger partial charge in [0.25, 0.3) is 0 Å². The number of para-hydroxylation sites is 1. The molecule has 9 heteroatoms. The zero-order valence-corrected chi connectivity index (χ0v) is 14.2. The van der Waals surface area contributed by atoms with E-state index in [0.29, 0.717) is 16.5 Å². The number of esters is 1. The molecule has 26 heavy (non-hydrogen) atoms. The number of benzene rings is 1. The van der Waals surface area contributed by atoms with E-state index in [2.05, 4.69) is 4.74 Å². The van der Waals surface area contributed by atoms with Crippen LogP contribution in [0.3, 0.4) is 0 Å². The number of carboxylic acids is 1. The zero-order chi connectivity index (χ0) is 19.7. The molecular formula is C17H19F3N2O4. The Bertz CT molecular complexity index is 827. The third-order valence-electron chi connectivity index (χ3n) is 3.98. The SMILES string of the molecule is CC(C)(OC(=O)Cn1cc(CC(N)C(=O)O)c2ccccc21)C(F)(F)F. The highest BCUT2D eigenvalue weighted by Gasteiger charge is 2.50. The van der Waals surface area contributed by atoms with Gasteiger partial charge >= 0.3 is 18.1 Å². The lowest BCUT2D eigenvalue weighted by atomic mass is 10.1. The number of carbonyl (C=O) groups excluding carboxylic acids is 1. The highest BCUT2D eigenvalue weighted by atomic mass is 19.4. The molecule has 0 radical (unpaired) electrons. The van der Waals surface area contributed by atoms with Gasteiger partial charge in [-0.1, -0.05) is 18.2 Å². The fourth-order valence-electron chi connectivity index (χ4n) is 2.45. The molecule has 2 rings (SSSR count). The number of hydrogen-bond acceptors (Lipinski definition) is 4. The molecule has 0 bridgehead atoms. The topological polar surface area (TPSA) is 94.5 Å². The number of hydrogen-bond donors (Lipinski definition) is 2. The molecule has 0 saturated carbocycles. The van der Waals surface area contributed by atoms with E-state index in [9.17, 15) is 22.8 Å². The summed E-state index contributed by atoms with van der Waals surface area (Å²) >= 11 is 0. The molecule has 0 aliphatic heterocycles. The zero-order valence-electron chi connectivity index (χ0n) is 14.2. The number of nitrogens with two attached hydrogens (primary N) is 1. The van der Waals surface area contributed by atoms with Gasteiger partial charge < -0.3 is 20.1 Å². The standard InChI is InChI=1S/C17H19F3N2O4/c1-16(2,17(18,19)20)26-14(23)9-22-8-10(7-12(21)15(24)25)11-5-3-4-6-13(11)22/h3-6,8,12H,7,9,21H2,1-2H3,(H,24,25). The van der Waals surface area contributed by atoms with E-state index < -0.39 is 36.3 Å². The van der Waals surface area contributed by atoms with Crippen LogP contribution in [0, 0.1) is 0 Å². The molecule has 1 unspecified atom stereocenters. The quantitative estimate of drug-likeness (QED) is 0.760. The number of alkyl halides is 3. The van der Waals surface area contributed by atoms with Crippen molar-refractivity contribution in [3.8, 4) is 0 Å². The first-order valence-corrected chi connectivity index (χ1v) is 7.76. The summed E-state index contributed by atoms with van der Waals surface area (Å²) in [4.78, 5) is 23.0. The molecule has 0 aliphatic carbocycles. The third-order valence-corrected chi connectivity index (χ3v) is 3.98. The number of fused-ring (bicyclic) bond motifs is 1. The van der Waals surface area contributed by atoms with Crippen molar-refractivity contribution >= 4 is 22.8 Å². The average Bonchev–Trinajstić information content (AvgIpc) is 2.83. The average molecular weight is 372 g/mol. The van der Waals surface area contributed by atoms with Gasteiger partial charge in [0, 0.05) is 23.5 Å². The van der Waals surface area contributed by atoms with Gasteiger partial charge in [0.1, 0.15) is 12.6 Å². The first kappa shape index (κ1) is 19.8. The number of nitrogens with zero attached hydrogens (tertiary/aromatic N) is 1. The van der Waals surface area contributed by atoms with Crippen LogP contribution in [0.2, 0.25) is 0 Å². The van der Waals surface area contributed by atoms with E-state index in [4.69, 9.17) is 10.8 Å². The van der Waals surface area contributed by atoms with Crippen molar-refractivity contribution < 1.29 is 32.6 Å². The summed E-state index contributed by atoms with van der Waals surface area (Å²) < 4.78 is 44.6. The largest absolute Gasteiger partial charge is 0.480 e. The molecule has 1 aromatic carbocycles. The van der Waals surface area contributed by atoms with Crippen LogP contribution in [0.1, 0.15) is 19.4 Å². The molecule has 1 heterocycles. The lowest BCUT2D eigenvalue weighted by Gasteiger charge is -2.27. The third kappa shape index (κ3) is 4.16. The molecule has 0 aliphatic rings. The molecule has 0 saturated heterocycles. The van der Waals surface area contributed by atoms with Crippen LogP contribution in [0.25, 0.3) is 10.9 Å². The first-order chi connectivity index (χ1) is 11.9. The summed E-state index contributed by atoms with van der Waals surface area (Å²) in [6, 6.07) is 5.69. The van der Waals surface area contributed by atoms with Gasteiger partial charge in [-0.3, -0.25) is 9.59 Å². The minimum absolute atomic E-state index is 0.0198. The molecular weight excluding hydrogens is 353 g/mol. The summed E-state index contributed by atoms with van der Waals surface area (Å²) in [5.74, 6) is -2.23. The Kier molecular flexibility index (Phi) is 5.31. The van der Waals surface area contributed by atoms with Crippen molar-refractivity contribution in [2.75, 3.05) is 0 Å². The molecule has 2 aromatic rings. The molecule has 0 fully saturated rings. The van der Waals surface area contributed by atoms with E-state index in [1.165, 1.54) is 10.8 Å². The fraction of sp³-hybridized carbons (Fsp3) is 0.412. The van der Waals surface area contributed by atoms with Crippen molar-refractivity contribution in [3.05, 3.63) is 36.0 Å². The summed E-state index contributed by atoms with van der Waals surface area (Å²) in [5.41, 5.74) is 4.10. The maximum Gasteiger partial charge on any atom is 0.427 e. The highest BCUT2D eigenvalue weighted by molar-refractivity contribution is 5.86. The van der Waals surface area contributed by atoms with Crippen LogP contribution in [0.5, 0.6) is 0 Å². The van der Waals surface area contributed by atoms with Crippen LogP contribution in [0.15, 0.2) is 30.5 Å². The van der Waals surface area contributed by atoms with Crippen molar-refractivity contribution in [3.63, 3.8) is 0 Å². The molecule has 6 nitrogen and oxygen atoms in total. The lowest BCUT2D eigenvalue weighted by molar-refractivity contribution is -0.257. The van der Waals surface area contributed by atoms with Crippen LogP contribution >= 0.6 is 0 Å². The maximum atomic E-state index is 12.9. The second-order valence-corrected chi connectivity index (χ2v) is 6.43. The number of halogens is 3. The van der Waals surface area contributed by atoms with Gasteiger partial charge in [-0.05, 0) is 25.5 Å². The predicted octanol–water partition coefficient (Wildman–Crippen LogP) is 2.48. The minimum Gasteiger partial charge on any atom is -0.480 e. The Hall–Kier alpha value is -2.55. The molecule has 0 amide bonds. The number of carbonyl (C=O) groups is 2. The lowest BCUT2D eigenvalue weighted by Crippen LogP contribution is -2.44. The minimum atomic E-state index is -4.69. The van der Waals surface area contributed by atoms with Gasteiger partial charge in [0.05, 0.1) is 0 Å². The smallest absolute Gasteiger partial charge is 0.427 e. The van der Waals surface area contributed by atoms with Crippen LogP contribution in [-0.4, -0.2) is 39.4 Å². The van der Waals surface area contributed by atoms with E-state index in [1.807, 2.05) is 0 Å². The van der Waals surface area contributed by atoms with Crippen LogP contribution < -0.4 is 5.73 Å². The summed E-state index contributed by atoms with van der Waals surface area (Å²) in [6.07, 6.45) is -3.16. The van der Waals surface area contributed by atoms with E-state index in [0.717, 1.165) is 13.8 Å². The van der Waals surface area contributed by atoms with E-state index >= 15 is 0 Å². The number of rotatable bonds is 6. The Balaban J connectivity index is 2.27. The van der Waals surface area contributed by atoms with Gasteiger partial charge in [0.15, 0.2) is 0 Å². The maximum absolute atomic E-state index is 12.9. The summed E-state index contributed by atoms with van der Waals surface area (Å²) in [7, 11) is 0. The monoisotopic (exact) mass is 372 g/mol. The van der Waals surface area contributed by atoms with E-state index in [1.54, 1.807) is 24.3 Å². The van der Waals surface area contributed by atoms with Crippen LogP contribution in [0.4, 0.5) is 13.2 Å². The van der Waals surface area contributed by atoms with Crippen molar-refractivity contribution in [2.24, 2.45) is 5.73 Å². The molecule has 3 N–H and O–H groups in total. The number of carboxylic acid groups (broad SMARTS) is 1. The summed E-state index contributed by atoms with van der Waals surface area (Å²) in [6.45, 7) is 1.11. The molecule has 0 spiro atoms. The van der Waals surface area contributed by atoms with Gasteiger partial charge in [-0.25, -0.2) is 0 Å². The van der Waals surface area contributed by atoms with E-state index in [-0.39, 0.29) is 6.42 Å². The summed E-state index contributed by atoms with van der Waals surface area (Å²) in [5, 5.41) is 9.63. The molecule has 1 aromatic heterocycles. The van der Waals surface area contributed by atoms with Crippen molar-refractivity contribution in [1.82, 2.24) is 4.57 Å². The number of aromatic nitrogens is 1. The number of ether oxygens (including phenoxy) is 1. The second-order valence-electron chi connectivity index (χ2n) is 6.43. The Morgan fingerprint density at radius 1 is 1.27 bits per heavy atom. The highest BCUT2D eigenvalue weighted by Crippen LogP contribution is 2.33. The normalized spacial score (nSPS) is 13.6. The number of aliphatic carboxylic acids is 1. The Morgan fingerprint density at radius 2 is 1.88 bits per heavy atom. The molecule has 1 atom stereocenters. The second kappa shape index (κ2) is 6.99. The van der Waals surface area contributed by atoms with Gasteiger partial charge in [-0.15, -0.1) is 0 Å². The van der Waals surface area contributed by atoms with Crippen molar-refractivity contribution in [1.29, 1.82) is 0 Å². The van der Waals surface area contributed by atoms with Gasteiger partial charge in [0.2, 0.25) is 5.60 Å². The van der Waals surface area contributed by atoms with Crippen LogP contribution in [-0.2, 0) is 27.3 Å². The van der Waals surface area contributed by atoms with Gasteiger partial charge in [-0.2, -0.15) is 13.2 Å². The Labute approximate surface area is 147 Å². The first-order valence-electron chi connectivity index (χ1n) is 7.76. The Morgan fingerprint density at radius 3 is 2.46 bits per heavy atom. The molecule has 142 valence electrons. The predicted molar refractivity (Wildman–Crippen MR) is 87.5 cm³/mol. The fourth-order valence-corrected chi connectivity index (χ4v) is 2.45.